The Morgan fingerprint density at radius 3 is 1.28 bits per heavy atom. The molecule has 0 aromatic carbocycles. The van der Waals surface area contributed by atoms with Crippen LogP contribution in [0.5, 0.6) is 0 Å². The van der Waals surface area contributed by atoms with Crippen LogP contribution in [0.25, 0.3) is 0 Å². The molecule has 0 radical (unpaired) electrons. The third-order valence-corrected chi connectivity index (χ3v) is 1.91. The third kappa shape index (κ3) is 22.3. The molecule has 15 heteroatoms. The molecule has 1 atom stereocenters. The smallest absolute Gasteiger partial charge is 0.550 e. The summed E-state index contributed by atoms with van der Waals surface area (Å²) in [6.07, 6.45) is -5.26. The van der Waals surface area contributed by atoms with Gasteiger partial charge in [-0.2, -0.15) is 0 Å². The van der Waals surface area contributed by atoms with Crippen LogP contribution in [0.3, 0.4) is 0 Å². The van der Waals surface area contributed by atoms with Gasteiger partial charge in [0.1, 0.15) is 5.60 Å². The Labute approximate surface area is 268 Å². The zero-order valence-corrected chi connectivity index (χ0v) is 23.1. The maximum atomic E-state index is 10.1. The molecule has 126 valence electrons. The Balaban J connectivity index is -0.0000001000. The molecule has 0 aromatic rings. The first-order chi connectivity index (χ1) is 9.81. The van der Waals surface area contributed by atoms with Crippen molar-refractivity contribution in [3.8, 4) is 0 Å². The number of aliphatic hydroxyl groups is 2. The molecule has 0 aliphatic rings. The Morgan fingerprint density at radius 2 is 1.16 bits per heavy atom. The van der Waals surface area contributed by atoms with E-state index in [1.807, 2.05) is 0 Å². The Hall–Kier alpha value is 2.18. The predicted octanol–water partition coefficient (Wildman–Crippen LogP) is -15.3. The summed E-state index contributed by atoms with van der Waals surface area (Å²) in [7, 11) is 0. The summed E-state index contributed by atoms with van der Waals surface area (Å²) in [6.45, 7) is 0. The maximum absolute atomic E-state index is 10.1. The molecule has 0 aliphatic carbocycles. The van der Waals surface area contributed by atoms with Crippen molar-refractivity contribution in [2.24, 2.45) is 0 Å². The minimum Gasteiger partial charge on any atom is -0.550 e. The molecule has 0 aliphatic heterocycles. The fraction of sp³-hybridized carbons (Fsp3) is 0.500. The molecule has 0 fully saturated rings. The van der Waals surface area contributed by atoms with Gasteiger partial charge in [0, 0.05) is 24.8 Å². The molecule has 0 heterocycles. The monoisotopic (exact) mass is 440 g/mol. The molecular formula is C10H11K3O12. The minimum atomic E-state index is -2.97. The van der Waals surface area contributed by atoms with Crippen LogP contribution in [-0.4, -0.2) is 62.0 Å². The van der Waals surface area contributed by atoms with Crippen LogP contribution in [0.15, 0.2) is 0 Å². The topological polar surface area (TPSA) is 235 Å². The van der Waals surface area contributed by atoms with E-state index in [0.717, 1.165) is 0 Å². The molecule has 0 spiro atoms. The maximum Gasteiger partial charge on any atom is 1.00 e. The average molecular weight is 440 g/mol. The van der Waals surface area contributed by atoms with E-state index in [4.69, 9.17) is 20.4 Å². The van der Waals surface area contributed by atoms with Gasteiger partial charge in [-0.3, -0.25) is 4.79 Å². The van der Waals surface area contributed by atoms with Crippen molar-refractivity contribution in [1.82, 2.24) is 0 Å². The number of carbonyl (C=O) groups excluding carboxylic acids is 3. The van der Waals surface area contributed by atoms with Crippen LogP contribution in [0.1, 0.15) is 19.3 Å². The van der Waals surface area contributed by atoms with Crippen LogP contribution in [0.2, 0.25) is 0 Å². The van der Waals surface area contributed by atoms with Gasteiger partial charge in [-0.25, -0.2) is 4.79 Å². The van der Waals surface area contributed by atoms with Gasteiger partial charge >= 0.3 is 166 Å². The van der Waals surface area contributed by atoms with Crippen molar-refractivity contribution in [3.05, 3.63) is 0 Å². The molecule has 0 bridgehead atoms. The summed E-state index contributed by atoms with van der Waals surface area (Å²) in [5, 5.41) is 63.1. The fourth-order valence-electron chi connectivity index (χ4n) is 0.937. The molecule has 0 saturated carbocycles. The minimum absolute atomic E-state index is 0. The zero-order chi connectivity index (χ0) is 18.1. The summed E-state index contributed by atoms with van der Waals surface area (Å²) in [4.78, 5) is 49.4. The second-order valence-corrected chi connectivity index (χ2v) is 3.87. The quantitative estimate of drug-likeness (QED) is 0.257. The van der Waals surface area contributed by atoms with Crippen LogP contribution in [0, 0.1) is 0 Å². The van der Waals surface area contributed by atoms with Crippen LogP contribution >= 0.6 is 0 Å². The molecule has 0 aromatic heterocycles. The predicted molar refractivity (Wildman–Crippen MR) is 55.1 cm³/mol. The van der Waals surface area contributed by atoms with Gasteiger partial charge in [-0.1, -0.05) is 0 Å². The third-order valence-electron chi connectivity index (χ3n) is 1.91. The van der Waals surface area contributed by atoms with Crippen molar-refractivity contribution < 1.29 is 214 Å². The first-order valence-electron chi connectivity index (χ1n) is 5.28. The second-order valence-electron chi connectivity index (χ2n) is 3.87. The standard InChI is InChI=1S/C6H8O7.C4H6O5.3K/c7-3(8)1-6(13,5(11)12)2-4(9)10;5-2(4(8)9)1-3(6)7;;;/h13H,1-2H2,(H,7,8)(H,9,10)(H,11,12);2,5H,1H2,(H,6,7)(H,8,9);;;/q;;3*+1/p-3. The number of hydrogen-bond acceptors (Lipinski definition) is 10. The molecule has 0 saturated heterocycles. The van der Waals surface area contributed by atoms with Gasteiger partial charge in [0.25, 0.3) is 0 Å². The van der Waals surface area contributed by atoms with Gasteiger partial charge < -0.3 is 50.1 Å². The van der Waals surface area contributed by atoms with E-state index in [0.29, 0.717) is 0 Å². The van der Waals surface area contributed by atoms with Crippen molar-refractivity contribution in [2.75, 3.05) is 0 Å². The molecule has 12 nitrogen and oxygen atoms in total. The second kappa shape index (κ2) is 19.5. The van der Waals surface area contributed by atoms with Gasteiger partial charge in [0.2, 0.25) is 0 Å². The number of aliphatic hydroxyl groups excluding tert-OH is 1. The molecule has 0 rings (SSSR count). The Bertz CT molecular complexity index is 450. The summed E-state index contributed by atoms with van der Waals surface area (Å²) in [5.74, 6) is -8.83. The van der Waals surface area contributed by atoms with Crippen molar-refractivity contribution in [1.29, 1.82) is 0 Å². The van der Waals surface area contributed by atoms with E-state index in [1.54, 1.807) is 0 Å². The van der Waals surface area contributed by atoms with E-state index in [2.05, 4.69) is 0 Å². The van der Waals surface area contributed by atoms with Gasteiger partial charge in [0.05, 0.1) is 12.4 Å². The molecule has 4 N–H and O–H groups in total. The van der Waals surface area contributed by atoms with E-state index in [9.17, 15) is 39.3 Å². The molecule has 0 amide bonds. The number of hydrogen-bond donors (Lipinski definition) is 4. The average Bonchev–Trinajstić information content (AvgIpc) is 2.25. The fourth-order valence-corrected chi connectivity index (χ4v) is 0.937. The first-order valence-corrected chi connectivity index (χ1v) is 5.28. The van der Waals surface area contributed by atoms with Gasteiger partial charge in [-0.05, 0) is 0 Å². The van der Waals surface area contributed by atoms with Crippen molar-refractivity contribution in [2.45, 2.75) is 31.0 Å². The molecular weight excluding hydrogens is 429 g/mol. The number of carbonyl (C=O) groups is 5. The zero-order valence-electron chi connectivity index (χ0n) is 13.8. The summed E-state index contributed by atoms with van der Waals surface area (Å²) in [5.41, 5.74) is -2.97. The largest absolute Gasteiger partial charge is 1.00 e. The normalized spacial score (nSPS) is 10.2. The van der Waals surface area contributed by atoms with Crippen LogP contribution in [0.4, 0.5) is 0 Å². The summed E-state index contributed by atoms with van der Waals surface area (Å²) >= 11 is 0. The SMILES string of the molecule is O=C(O)CC(O)C(=O)O.O=C([O-])CC(O)(CC(=O)[O-])C(=O)[O-].[K+].[K+].[K+]. The Morgan fingerprint density at radius 1 is 0.840 bits per heavy atom. The number of aliphatic carboxylic acids is 5. The number of carboxylic acid groups (broad SMARTS) is 5. The van der Waals surface area contributed by atoms with Crippen LogP contribution < -0.4 is 169 Å². The summed E-state index contributed by atoms with van der Waals surface area (Å²) in [6, 6.07) is 0. The van der Waals surface area contributed by atoms with Crippen LogP contribution in [-0.2, 0) is 24.0 Å². The van der Waals surface area contributed by atoms with E-state index in [-0.39, 0.29) is 154 Å². The first kappa shape index (κ1) is 37.9. The van der Waals surface area contributed by atoms with E-state index < -0.39 is 60.8 Å². The molecule has 25 heavy (non-hydrogen) atoms. The van der Waals surface area contributed by atoms with Gasteiger partial charge in [0.15, 0.2) is 6.10 Å². The summed E-state index contributed by atoms with van der Waals surface area (Å²) < 4.78 is 0. The number of carboxylic acids is 5. The van der Waals surface area contributed by atoms with Crippen molar-refractivity contribution in [3.63, 3.8) is 0 Å². The van der Waals surface area contributed by atoms with E-state index in [1.165, 1.54) is 0 Å². The van der Waals surface area contributed by atoms with Gasteiger partial charge in [-0.15, -0.1) is 0 Å². The molecule has 1 unspecified atom stereocenters. The Kier molecular flexibility index (Phi) is 29.5. The van der Waals surface area contributed by atoms with E-state index >= 15 is 0 Å². The number of rotatable bonds is 8. The van der Waals surface area contributed by atoms with Crippen molar-refractivity contribution >= 4 is 29.8 Å².